The average Bonchev–Trinajstić information content (AvgIpc) is 2.78. The predicted molar refractivity (Wildman–Crippen MR) is 80.1 cm³/mol. The highest BCUT2D eigenvalue weighted by Crippen LogP contribution is 2.33. The Balaban J connectivity index is 1.88. The van der Waals surface area contributed by atoms with Crippen LogP contribution in [0.3, 0.4) is 0 Å². The maximum absolute atomic E-state index is 9.60. The standard InChI is InChI=1S/C17H26O3/c1-17(2)9-8-16(20-17)11-14(12-18)10-13-4-6-15(19-3)7-5-13/h4-7,14,16,18H,8-12H2,1-3H3. The molecule has 1 aliphatic heterocycles. The Kier molecular flexibility index (Phi) is 5.06. The first-order chi connectivity index (χ1) is 9.52. The fourth-order valence-corrected chi connectivity index (χ4v) is 2.93. The van der Waals surface area contributed by atoms with Gasteiger partial charge in [-0.1, -0.05) is 12.1 Å². The topological polar surface area (TPSA) is 38.7 Å². The van der Waals surface area contributed by atoms with Crippen LogP contribution in [0.25, 0.3) is 0 Å². The van der Waals surface area contributed by atoms with E-state index < -0.39 is 0 Å². The van der Waals surface area contributed by atoms with Gasteiger partial charge in [-0.05, 0) is 63.1 Å². The van der Waals surface area contributed by atoms with E-state index >= 15 is 0 Å². The van der Waals surface area contributed by atoms with E-state index in [9.17, 15) is 5.11 Å². The summed E-state index contributed by atoms with van der Waals surface area (Å²) in [7, 11) is 1.67. The summed E-state index contributed by atoms with van der Waals surface area (Å²) in [4.78, 5) is 0. The SMILES string of the molecule is COc1ccc(CC(CO)CC2CCC(C)(C)O2)cc1. The van der Waals surface area contributed by atoms with Crippen LogP contribution < -0.4 is 4.74 Å². The number of aliphatic hydroxyl groups excluding tert-OH is 1. The molecule has 20 heavy (non-hydrogen) atoms. The van der Waals surface area contributed by atoms with Gasteiger partial charge in [0, 0.05) is 6.61 Å². The third-order valence-corrected chi connectivity index (χ3v) is 4.09. The van der Waals surface area contributed by atoms with E-state index in [1.807, 2.05) is 12.1 Å². The molecular formula is C17H26O3. The van der Waals surface area contributed by atoms with E-state index in [0.29, 0.717) is 6.10 Å². The number of rotatable bonds is 6. The van der Waals surface area contributed by atoms with Crippen LogP contribution in [0.15, 0.2) is 24.3 Å². The van der Waals surface area contributed by atoms with Crippen molar-refractivity contribution in [3.8, 4) is 5.75 Å². The molecule has 1 fully saturated rings. The number of ether oxygens (including phenoxy) is 2. The van der Waals surface area contributed by atoms with Gasteiger partial charge >= 0.3 is 0 Å². The van der Waals surface area contributed by atoms with Gasteiger partial charge in [-0.2, -0.15) is 0 Å². The van der Waals surface area contributed by atoms with Gasteiger partial charge in [-0.25, -0.2) is 0 Å². The lowest BCUT2D eigenvalue weighted by atomic mass is 9.93. The van der Waals surface area contributed by atoms with Gasteiger partial charge in [0.2, 0.25) is 0 Å². The Labute approximate surface area is 121 Å². The van der Waals surface area contributed by atoms with Crippen molar-refractivity contribution >= 4 is 0 Å². The molecule has 1 aromatic carbocycles. The first-order valence-corrected chi connectivity index (χ1v) is 7.44. The summed E-state index contributed by atoms with van der Waals surface area (Å²) in [6.45, 7) is 4.50. The number of benzene rings is 1. The summed E-state index contributed by atoms with van der Waals surface area (Å²) >= 11 is 0. The normalized spacial score (nSPS) is 22.7. The Morgan fingerprint density at radius 1 is 1.35 bits per heavy atom. The number of hydrogen-bond donors (Lipinski definition) is 1. The molecule has 1 N–H and O–H groups in total. The first kappa shape index (κ1) is 15.3. The van der Waals surface area contributed by atoms with E-state index in [1.165, 1.54) is 5.56 Å². The fraction of sp³-hybridized carbons (Fsp3) is 0.647. The van der Waals surface area contributed by atoms with Crippen molar-refractivity contribution in [3.63, 3.8) is 0 Å². The van der Waals surface area contributed by atoms with E-state index in [2.05, 4.69) is 26.0 Å². The summed E-state index contributed by atoms with van der Waals surface area (Å²) in [5.74, 6) is 1.14. The van der Waals surface area contributed by atoms with Crippen molar-refractivity contribution in [2.24, 2.45) is 5.92 Å². The molecule has 112 valence electrons. The summed E-state index contributed by atoms with van der Waals surface area (Å²) in [6.07, 6.45) is 4.33. The van der Waals surface area contributed by atoms with Crippen LogP contribution in [0.5, 0.6) is 5.75 Å². The molecule has 1 saturated heterocycles. The van der Waals surface area contributed by atoms with Crippen molar-refractivity contribution in [2.75, 3.05) is 13.7 Å². The molecule has 0 radical (unpaired) electrons. The van der Waals surface area contributed by atoms with Crippen LogP contribution in [-0.2, 0) is 11.2 Å². The molecule has 3 nitrogen and oxygen atoms in total. The van der Waals surface area contributed by atoms with Gasteiger partial charge in [0.15, 0.2) is 0 Å². The Hall–Kier alpha value is -1.06. The zero-order valence-corrected chi connectivity index (χ0v) is 12.8. The van der Waals surface area contributed by atoms with Gasteiger partial charge in [-0.15, -0.1) is 0 Å². The van der Waals surface area contributed by atoms with Gasteiger partial charge in [0.05, 0.1) is 18.8 Å². The summed E-state index contributed by atoms with van der Waals surface area (Å²) < 4.78 is 11.2. The Morgan fingerprint density at radius 3 is 2.55 bits per heavy atom. The van der Waals surface area contributed by atoms with Crippen LogP contribution >= 0.6 is 0 Å². The molecule has 0 spiro atoms. The molecule has 0 bridgehead atoms. The van der Waals surface area contributed by atoms with Gasteiger partial charge in [0.25, 0.3) is 0 Å². The van der Waals surface area contributed by atoms with E-state index in [0.717, 1.165) is 31.4 Å². The van der Waals surface area contributed by atoms with Crippen LogP contribution in [0.1, 0.15) is 38.7 Å². The van der Waals surface area contributed by atoms with Crippen LogP contribution in [0.4, 0.5) is 0 Å². The zero-order valence-electron chi connectivity index (χ0n) is 12.8. The second kappa shape index (κ2) is 6.59. The lowest BCUT2D eigenvalue weighted by Gasteiger charge is -2.22. The Morgan fingerprint density at radius 2 is 2.05 bits per heavy atom. The van der Waals surface area contributed by atoms with Gasteiger partial charge in [-0.3, -0.25) is 0 Å². The fourth-order valence-electron chi connectivity index (χ4n) is 2.93. The maximum atomic E-state index is 9.60. The number of hydrogen-bond acceptors (Lipinski definition) is 3. The summed E-state index contributed by atoms with van der Waals surface area (Å²) in [5, 5.41) is 9.60. The van der Waals surface area contributed by atoms with Crippen molar-refractivity contribution in [1.82, 2.24) is 0 Å². The highest BCUT2D eigenvalue weighted by Gasteiger charge is 2.32. The minimum atomic E-state index is 0.00475. The number of methoxy groups -OCH3 is 1. The Bertz CT molecular complexity index is 411. The monoisotopic (exact) mass is 278 g/mol. The van der Waals surface area contributed by atoms with Crippen LogP contribution in [0.2, 0.25) is 0 Å². The van der Waals surface area contributed by atoms with Crippen molar-refractivity contribution in [3.05, 3.63) is 29.8 Å². The van der Waals surface area contributed by atoms with Crippen LogP contribution in [-0.4, -0.2) is 30.5 Å². The molecule has 0 saturated carbocycles. The molecule has 3 heteroatoms. The molecule has 0 aliphatic carbocycles. The molecule has 2 atom stereocenters. The number of aliphatic hydroxyl groups is 1. The first-order valence-electron chi connectivity index (χ1n) is 7.44. The highest BCUT2D eigenvalue weighted by atomic mass is 16.5. The minimum absolute atomic E-state index is 0.00475. The molecule has 1 aromatic rings. The van der Waals surface area contributed by atoms with Crippen LogP contribution in [0, 0.1) is 5.92 Å². The quantitative estimate of drug-likeness (QED) is 0.868. The summed E-state index contributed by atoms with van der Waals surface area (Å²) in [5.41, 5.74) is 1.24. The smallest absolute Gasteiger partial charge is 0.118 e. The van der Waals surface area contributed by atoms with Gasteiger partial charge < -0.3 is 14.6 Å². The predicted octanol–water partition coefficient (Wildman–Crippen LogP) is 3.19. The second-order valence-corrected chi connectivity index (χ2v) is 6.37. The minimum Gasteiger partial charge on any atom is -0.497 e. The molecule has 2 unspecified atom stereocenters. The lowest BCUT2D eigenvalue weighted by Crippen LogP contribution is -2.23. The largest absolute Gasteiger partial charge is 0.497 e. The lowest BCUT2D eigenvalue weighted by molar-refractivity contribution is -0.0276. The van der Waals surface area contributed by atoms with E-state index in [-0.39, 0.29) is 18.1 Å². The molecule has 1 aliphatic rings. The zero-order chi connectivity index (χ0) is 14.6. The molecule has 2 rings (SSSR count). The van der Waals surface area contributed by atoms with Crippen molar-refractivity contribution < 1.29 is 14.6 Å². The third kappa shape index (κ3) is 4.22. The van der Waals surface area contributed by atoms with E-state index in [4.69, 9.17) is 9.47 Å². The average molecular weight is 278 g/mol. The maximum Gasteiger partial charge on any atom is 0.118 e. The van der Waals surface area contributed by atoms with E-state index in [1.54, 1.807) is 7.11 Å². The third-order valence-electron chi connectivity index (χ3n) is 4.09. The molecule has 0 amide bonds. The highest BCUT2D eigenvalue weighted by molar-refractivity contribution is 5.27. The molecular weight excluding hydrogens is 252 g/mol. The van der Waals surface area contributed by atoms with Crippen molar-refractivity contribution in [2.45, 2.75) is 51.2 Å². The molecule has 1 heterocycles. The van der Waals surface area contributed by atoms with Gasteiger partial charge in [0.1, 0.15) is 5.75 Å². The second-order valence-electron chi connectivity index (χ2n) is 6.37. The summed E-state index contributed by atoms with van der Waals surface area (Å²) in [6, 6.07) is 8.08. The molecule has 0 aromatic heterocycles. The van der Waals surface area contributed by atoms with Crippen molar-refractivity contribution in [1.29, 1.82) is 0 Å².